The summed E-state index contributed by atoms with van der Waals surface area (Å²) < 4.78 is 12.8. The highest BCUT2D eigenvalue weighted by atomic mass is 16.5. The Morgan fingerprint density at radius 3 is 2.72 bits per heavy atom. The van der Waals surface area contributed by atoms with Gasteiger partial charge >= 0.3 is 0 Å². The Morgan fingerprint density at radius 1 is 1.12 bits per heavy atom. The standard InChI is InChI=1S/C29H34O3/c1-5-6-7-11-20-17-25-27(21-15-18(2)13-14-22(21)29(3,4)32-25)28(30)26(20)24-16-19-10-8-9-12-23(19)31-24/h8-10,12,15-17,21-22,30H,5-7,11,13-14H2,1-4H3/t21-,22-/m1/s1. The van der Waals surface area contributed by atoms with Gasteiger partial charge in [-0.25, -0.2) is 0 Å². The molecule has 168 valence electrons. The van der Waals surface area contributed by atoms with E-state index >= 15 is 0 Å². The van der Waals surface area contributed by atoms with Crippen molar-refractivity contribution in [2.45, 2.75) is 77.7 Å². The molecule has 0 bridgehead atoms. The number of benzene rings is 2. The maximum atomic E-state index is 11.8. The third-order valence-electron chi connectivity index (χ3n) is 7.45. The Bertz CT molecular complexity index is 1150. The summed E-state index contributed by atoms with van der Waals surface area (Å²) in [7, 11) is 0. The van der Waals surface area contributed by atoms with E-state index in [1.165, 1.54) is 5.57 Å². The van der Waals surface area contributed by atoms with Crippen LogP contribution < -0.4 is 4.74 Å². The van der Waals surface area contributed by atoms with Crippen molar-refractivity contribution in [2.24, 2.45) is 5.92 Å². The molecule has 0 unspecified atom stereocenters. The summed E-state index contributed by atoms with van der Waals surface area (Å²) >= 11 is 0. The lowest BCUT2D eigenvalue weighted by Gasteiger charge is -2.46. The molecule has 0 amide bonds. The summed E-state index contributed by atoms with van der Waals surface area (Å²) in [6.07, 6.45) is 8.83. The van der Waals surface area contributed by atoms with Crippen LogP contribution in [0.5, 0.6) is 11.5 Å². The first-order valence-electron chi connectivity index (χ1n) is 12.1. The minimum atomic E-state index is -0.261. The second-order valence-corrected chi connectivity index (χ2v) is 10.2. The molecule has 3 aromatic rings. The molecule has 2 heterocycles. The van der Waals surface area contributed by atoms with Crippen molar-refractivity contribution in [3.05, 3.63) is 59.2 Å². The topological polar surface area (TPSA) is 42.6 Å². The second kappa shape index (κ2) is 8.03. The lowest BCUT2D eigenvalue weighted by atomic mass is 9.67. The average Bonchev–Trinajstić information content (AvgIpc) is 3.16. The molecule has 2 aromatic carbocycles. The zero-order chi connectivity index (χ0) is 22.5. The minimum absolute atomic E-state index is 0.162. The summed E-state index contributed by atoms with van der Waals surface area (Å²) in [6, 6.07) is 12.3. The van der Waals surface area contributed by atoms with Crippen LogP contribution in [-0.4, -0.2) is 10.7 Å². The van der Waals surface area contributed by atoms with Gasteiger partial charge in [-0.15, -0.1) is 0 Å². The van der Waals surface area contributed by atoms with E-state index in [1.807, 2.05) is 18.2 Å². The van der Waals surface area contributed by atoms with Gasteiger partial charge in [0.2, 0.25) is 0 Å². The van der Waals surface area contributed by atoms with Crippen LogP contribution in [0.3, 0.4) is 0 Å². The Morgan fingerprint density at radius 2 is 1.94 bits per heavy atom. The minimum Gasteiger partial charge on any atom is -0.507 e. The van der Waals surface area contributed by atoms with Crippen LogP contribution in [0.1, 0.15) is 76.8 Å². The van der Waals surface area contributed by atoms with Gasteiger partial charge in [-0.1, -0.05) is 49.6 Å². The largest absolute Gasteiger partial charge is 0.507 e. The summed E-state index contributed by atoms with van der Waals surface area (Å²) in [4.78, 5) is 0. The molecule has 0 saturated carbocycles. The number of aryl methyl sites for hydroxylation is 1. The van der Waals surface area contributed by atoms with E-state index in [1.54, 1.807) is 0 Å². The van der Waals surface area contributed by atoms with Gasteiger partial charge < -0.3 is 14.3 Å². The summed E-state index contributed by atoms with van der Waals surface area (Å²) in [5.74, 6) is 2.43. The molecule has 3 heteroatoms. The van der Waals surface area contributed by atoms with Crippen LogP contribution in [0.2, 0.25) is 0 Å². The second-order valence-electron chi connectivity index (χ2n) is 10.2. The quantitative estimate of drug-likeness (QED) is 0.328. The van der Waals surface area contributed by atoms with Crippen LogP contribution in [0, 0.1) is 5.92 Å². The maximum Gasteiger partial charge on any atom is 0.139 e. The molecule has 3 nitrogen and oxygen atoms in total. The first-order valence-corrected chi connectivity index (χ1v) is 12.1. The predicted molar refractivity (Wildman–Crippen MR) is 130 cm³/mol. The van der Waals surface area contributed by atoms with Crippen LogP contribution in [-0.2, 0) is 6.42 Å². The van der Waals surface area contributed by atoms with Crippen molar-refractivity contribution < 1.29 is 14.3 Å². The lowest BCUT2D eigenvalue weighted by molar-refractivity contribution is 0.0107. The van der Waals surface area contributed by atoms with E-state index in [-0.39, 0.29) is 11.5 Å². The van der Waals surface area contributed by atoms with E-state index in [2.05, 4.69) is 52.0 Å². The van der Waals surface area contributed by atoms with Gasteiger partial charge in [-0.2, -0.15) is 0 Å². The SMILES string of the molecule is CCCCCc1cc2c(c(O)c1-c1cc3ccccc3o1)[C@@H]1C=C(C)CC[C@H]1C(C)(C)O2. The van der Waals surface area contributed by atoms with Gasteiger partial charge in [-0.3, -0.25) is 0 Å². The van der Waals surface area contributed by atoms with Crippen molar-refractivity contribution in [3.63, 3.8) is 0 Å². The molecular weight excluding hydrogens is 396 g/mol. The van der Waals surface area contributed by atoms with Crippen molar-refractivity contribution in [1.82, 2.24) is 0 Å². The van der Waals surface area contributed by atoms with E-state index in [0.29, 0.717) is 11.7 Å². The lowest BCUT2D eigenvalue weighted by Crippen LogP contribution is -2.45. The molecule has 1 aliphatic carbocycles. The summed E-state index contributed by atoms with van der Waals surface area (Å²) in [5, 5.41) is 12.8. The molecule has 0 spiro atoms. The zero-order valence-electron chi connectivity index (χ0n) is 19.7. The van der Waals surface area contributed by atoms with Crippen LogP contribution in [0.15, 0.2) is 52.5 Å². The number of furan rings is 1. The molecule has 32 heavy (non-hydrogen) atoms. The van der Waals surface area contributed by atoms with Crippen molar-refractivity contribution in [3.8, 4) is 22.8 Å². The van der Waals surface area contributed by atoms with Gasteiger partial charge in [0.25, 0.3) is 0 Å². The summed E-state index contributed by atoms with van der Waals surface area (Å²) in [5.41, 5.74) is 4.87. The first kappa shape index (κ1) is 21.2. The fraction of sp³-hybridized carbons (Fsp3) is 0.448. The van der Waals surface area contributed by atoms with E-state index in [4.69, 9.17) is 9.15 Å². The van der Waals surface area contributed by atoms with Crippen molar-refractivity contribution in [1.29, 1.82) is 0 Å². The number of phenolic OH excluding ortho intramolecular Hbond substituents is 1. The molecule has 0 radical (unpaired) electrons. The first-order chi connectivity index (χ1) is 15.4. The molecule has 1 aromatic heterocycles. The highest BCUT2D eigenvalue weighted by Crippen LogP contribution is 2.56. The number of ether oxygens (including phenoxy) is 1. The number of aromatic hydroxyl groups is 1. The number of para-hydroxylation sites is 1. The van der Waals surface area contributed by atoms with Gasteiger partial charge in [0.15, 0.2) is 0 Å². The molecule has 5 rings (SSSR count). The van der Waals surface area contributed by atoms with Crippen molar-refractivity contribution in [2.75, 3.05) is 0 Å². The van der Waals surface area contributed by atoms with Crippen LogP contribution in [0.4, 0.5) is 0 Å². The Kier molecular flexibility index (Phi) is 5.31. The molecule has 0 fully saturated rings. The molecule has 1 aliphatic heterocycles. The molecule has 1 N–H and O–H groups in total. The van der Waals surface area contributed by atoms with Crippen LogP contribution in [0.25, 0.3) is 22.3 Å². The number of fused-ring (bicyclic) bond motifs is 4. The predicted octanol–water partition coefficient (Wildman–Crippen LogP) is 8.15. The van der Waals surface area contributed by atoms with Crippen molar-refractivity contribution >= 4 is 11.0 Å². The highest BCUT2D eigenvalue weighted by Gasteiger charge is 2.46. The van der Waals surface area contributed by atoms with Gasteiger partial charge in [0, 0.05) is 22.8 Å². The maximum absolute atomic E-state index is 11.8. The number of rotatable bonds is 5. The highest BCUT2D eigenvalue weighted by molar-refractivity contribution is 5.86. The van der Waals surface area contributed by atoms with E-state index in [0.717, 1.165) is 77.7 Å². The normalized spacial score (nSPS) is 21.6. The Labute approximate surface area is 191 Å². The van der Waals surface area contributed by atoms with E-state index < -0.39 is 0 Å². The van der Waals surface area contributed by atoms with Gasteiger partial charge in [-0.05, 0) is 70.2 Å². The molecule has 2 aliphatic rings. The van der Waals surface area contributed by atoms with Crippen LogP contribution >= 0.6 is 0 Å². The zero-order valence-corrected chi connectivity index (χ0v) is 19.7. The van der Waals surface area contributed by atoms with Gasteiger partial charge in [0.1, 0.15) is 28.4 Å². The fourth-order valence-electron chi connectivity index (χ4n) is 5.75. The van der Waals surface area contributed by atoms with Gasteiger partial charge in [0.05, 0.1) is 5.56 Å². The smallest absolute Gasteiger partial charge is 0.139 e. The third-order valence-corrected chi connectivity index (χ3v) is 7.45. The number of allylic oxidation sites excluding steroid dienone is 2. The van der Waals surface area contributed by atoms with E-state index in [9.17, 15) is 5.11 Å². The molecule has 0 saturated heterocycles. The Hall–Kier alpha value is -2.68. The monoisotopic (exact) mass is 430 g/mol. The third kappa shape index (κ3) is 3.52. The average molecular weight is 431 g/mol. The number of hydrogen-bond acceptors (Lipinski definition) is 3. The fourth-order valence-corrected chi connectivity index (χ4v) is 5.75. The number of hydrogen-bond donors (Lipinski definition) is 1. The summed E-state index contributed by atoms with van der Waals surface area (Å²) in [6.45, 7) is 8.81. The molecular formula is C29H34O3. The Balaban J connectivity index is 1.72. The molecule has 2 atom stereocenters. The number of unbranched alkanes of at least 4 members (excludes halogenated alkanes) is 2. The number of phenols is 1.